The van der Waals surface area contributed by atoms with Gasteiger partial charge in [0.1, 0.15) is 17.5 Å². The van der Waals surface area contributed by atoms with E-state index in [9.17, 15) is 13.2 Å². The molecule has 0 aliphatic carbocycles. The molecule has 3 aromatic carbocycles. The van der Waals surface area contributed by atoms with Crippen LogP contribution in [0.5, 0.6) is 11.5 Å². The number of benzene rings is 3. The normalized spacial score (nSPS) is 15.9. The summed E-state index contributed by atoms with van der Waals surface area (Å²) in [5.74, 6) is 0.884. The Labute approximate surface area is 200 Å². The van der Waals surface area contributed by atoms with Crippen LogP contribution in [0.4, 0.5) is 0 Å². The molecule has 178 valence electrons. The maximum atomic E-state index is 13.6. The first-order chi connectivity index (χ1) is 16.3. The van der Waals surface area contributed by atoms with Crippen molar-refractivity contribution in [1.29, 1.82) is 0 Å². The monoisotopic (exact) mass is 480 g/mol. The molecular formula is C26H28N2O5S. The summed E-state index contributed by atoms with van der Waals surface area (Å²) >= 11 is 0. The van der Waals surface area contributed by atoms with Crippen molar-refractivity contribution in [3.8, 4) is 11.5 Å². The standard InChI is InChI=1S/C26H28N2O5S/c1-18-8-11-23(12-9-18)34(30,31)28-17-20-7-5-4-6-19(20)15-24(28)26(29)27-16-21-14-22(32-2)10-13-25(21)33-3/h4-14,24H,15-17H2,1-3H3,(H,27,29). The molecule has 4 rings (SSSR count). The number of hydrogen-bond donors (Lipinski definition) is 1. The average Bonchev–Trinajstić information content (AvgIpc) is 2.86. The Kier molecular flexibility index (Phi) is 6.90. The molecule has 1 atom stereocenters. The van der Waals surface area contributed by atoms with E-state index in [4.69, 9.17) is 9.47 Å². The second kappa shape index (κ2) is 9.87. The van der Waals surface area contributed by atoms with Crippen molar-refractivity contribution in [2.24, 2.45) is 0 Å². The van der Waals surface area contributed by atoms with Crippen molar-refractivity contribution < 1.29 is 22.7 Å². The van der Waals surface area contributed by atoms with Gasteiger partial charge in [-0.25, -0.2) is 8.42 Å². The second-order valence-electron chi connectivity index (χ2n) is 8.25. The fourth-order valence-electron chi connectivity index (χ4n) is 4.14. The fraction of sp³-hybridized carbons (Fsp3) is 0.269. The molecule has 7 nitrogen and oxygen atoms in total. The molecular weight excluding hydrogens is 452 g/mol. The van der Waals surface area contributed by atoms with Gasteiger partial charge in [-0.1, -0.05) is 42.0 Å². The van der Waals surface area contributed by atoms with Crippen molar-refractivity contribution in [1.82, 2.24) is 9.62 Å². The van der Waals surface area contributed by atoms with Gasteiger partial charge >= 0.3 is 0 Å². The zero-order valence-corrected chi connectivity index (χ0v) is 20.3. The number of hydrogen-bond acceptors (Lipinski definition) is 5. The first-order valence-corrected chi connectivity index (χ1v) is 12.4. The Bertz CT molecular complexity index is 1290. The van der Waals surface area contributed by atoms with E-state index in [1.54, 1.807) is 56.7 Å². The highest BCUT2D eigenvalue weighted by atomic mass is 32.2. The number of nitrogens with zero attached hydrogens (tertiary/aromatic N) is 1. The quantitative estimate of drug-likeness (QED) is 0.560. The van der Waals surface area contributed by atoms with E-state index in [1.807, 2.05) is 31.2 Å². The number of methoxy groups -OCH3 is 2. The van der Waals surface area contributed by atoms with Gasteiger partial charge in [0.25, 0.3) is 0 Å². The Hall–Kier alpha value is -3.36. The molecule has 1 heterocycles. The van der Waals surface area contributed by atoms with E-state index in [2.05, 4.69) is 5.32 Å². The lowest BCUT2D eigenvalue weighted by atomic mass is 9.95. The number of amides is 1. The molecule has 0 bridgehead atoms. The van der Waals surface area contributed by atoms with Gasteiger partial charge in [0.15, 0.2) is 0 Å². The van der Waals surface area contributed by atoms with Crippen LogP contribution in [0.2, 0.25) is 0 Å². The van der Waals surface area contributed by atoms with Crippen LogP contribution in [0.1, 0.15) is 22.3 Å². The van der Waals surface area contributed by atoms with Gasteiger partial charge in [-0.3, -0.25) is 4.79 Å². The highest BCUT2D eigenvalue weighted by Gasteiger charge is 2.39. The lowest BCUT2D eigenvalue weighted by molar-refractivity contribution is -0.125. The van der Waals surface area contributed by atoms with Gasteiger partial charge in [0.05, 0.1) is 19.1 Å². The molecule has 0 saturated heterocycles. The fourth-order valence-corrected chi connectivity index (χ4v) is 5.71. The first-order valence-electron chi connectivity index (χ1n) is 11.0. The lowest BCUT2D eigenvalue weighted by Gasteiger charge is -2.35. The summed E-state index contributed by atoms with van der Waals surface area (Å²) in [6, 6.07) is 18.8. The lowest BCUT2D eigenvalue weighted by Crippen LogP contribution is -2.52. The maximum absolute atomic E-state index is 13.6. The zero-order chi connectivity index (χ0) is 24.3. The summed E-state index contributed by atoms with van der Waals surface area (Å²) in [5.41, 5.74) is 3.57. The van der Waals surface area contributed by atoms with Crippen LogP contribution in [-0.4, -0.2) is 38.9 Å². The number of ether oxygens (including phenoxy) is 2. The first kappa shape index (κ1) is 23.8. The van der Waals surface area contributed by atoms with Gasteiger partial charge in [0.2, 0.25) is 15.9 Å². The van der Waals surface area contributed by atoms with E-state index in [0.29, 0.717) is 17.9 Å². The number of aryl methyl sites for hydroxylation is 1. The molecule has 1 aliphatic heterocycles. The minimum absolute atomic E-state index is 0.132. The van der Waals surface area contributed by atoms with E-state index in [-0.39, 0.29) is 23.9 Å². The summed E-state index contributed by atoms with van der Waals surface area (Å²) in [7, 11) is -0.771. The average molecular weight is 481 g/mol. The van der Waals surface area contributed by atoms with E-state index in [1.165, 1.54) is 4.31 Å². The Morgan fingerprint density at radius 3 is 2.38 bits per heavy atom. The summed E-state index contributed by atoms with van der Waals surface area (Å²) in [6.45, 7) is 2.21. The van der Waals surface area contributed by atoms with Crippen molar-refractivity contribution >= 4 is 15.9 Å². The van der Waals surface area contributed by atoms with Gasteiger partial charge in [-0.15, -0.1) is 0 Å². The minimum atomic E-state index is -3.89. The molecule has 3 aromatic rings. The molecule has 1 aliphatic rings. The number of nitrogens with one attached hydrogen (secondary N) is 1. The van der Waals surface area contributed by atoms with Gasteiger partial charge in [-0.2, -0.15) is 4.31 Å². The Balaban J connectivity index is 1.63. The van der Waals surface area contributed by atoms with Gasteiger partial charge in [0, 0.05) is 18.7 Å². The topological polar surface area (TPSA) is 84.9 Å². The molecule has 0 spiro atoms. The predicted molar refractivity (Wildman–Crippen MR) is 129 cm³/mol. The van der Waals surface area contributed by atoms with Crippen LogP contribution in [0.25, 0.3) is 0 Å². The van der Waals surface area contributed by atoms with Crippen LogP contribution < -0.4 is 14.8 Å². The highest BCUT2D eigenvalue weighted by Crippen LogP contribution is 2.30. The molecule has 1 N–H and O–H groups in total. The van der Waals surface area contributed by atoms with Gasteiger partial charge < -0.3 is 14.8 Å². The molecule has 0 radical (unpaired) electrons. The third-order valence-electron chi connectivity index (χ3n) is 6.08. The van der Waals surface area contributed by atoms with E-state index in [0.717, 1.165) is 22.3 Å². The molecule has 8 heteroatoms. The molecule has 0 fully saturated rings. The summed E-state index contributed by atoms with van der Waals surface area (Å²) in [4.78, 5) is 13.6. The van der Waals surface area contributed by atoms with Crippen LogP contribution in [0, 0.1) is 6.92 Å². The largest absolute Gasteiger partial charge is 0.497 e. The van der Waals surface area contributed by atoms with Crippen molar-refractivity contribution in [2.75, 3.05) is 14.2 Å². The third-order valence-corrected chi connectivity index (χ3v) is 7.95. The smallest absolute Gasteiger partial charge is 0.244 e. The highest BCUT2D eigenvalue weighted by molar-refractivity contribution is 7.89. The summed E-state index contributed by atoms with van der Waals surface area (Å²) in [5, 5.41) is 2.91. The van der Waals surface area contributed by atoms with Gasteiger partial charge in [-0.05, 0) is 54.8 Å². The SMILES string of the molecule is COc1ccc(OC)c(CNC(=O)C2Cc3ccccc3CN2S(=O)(=O)c2ccc(C)cc2)c1. The van der Waals surface area contributed by atoms with Crippen molar-refractivity contribution in [3.05, 3.63) is 89.0 Å². The zero-order valence-electron chi connectivity index (χ0n) is 19.4. The number of sulfonamides is 1. The molecule has 34 heavy (non-hydrogen) atoms. The molecule has 1 amide bonds. The Morgan fingerprint density at radius 1 is 1.00 bits per heavy atom. The maximum Gasteiger partial charge on any atom is 0.244 e. The number of fused-ring (bicyclic) bond motifs is 1. The second-order valence-corrected chi connectivity index (χ2v) is 10.1. The number of carbonyl (C=O) groups excluding carboxylic acids is 1. The number of rotatable bonds is 7. The minimum Gasteiger partial charge on any atom is -0.497 e. The number of carbonyl (C=O) groups is 1. The van der Waals surface area contributed by atoms with Crippen LogP contribution in [0.3, 0.4) is 0 Å². The molecule has 0 saturated carbocycles. The van der Waals surface area contributed by atoms with Crippen molar-refractivity contribution in [3.63, 3.8) is 0 Å². The summed E-state index contributed by atoms with van der Waals surface area (Å²) in [6.07, 6.45) is 0.294. The van der Waals surface area contributed by atoms with Crippen LogP contribution >= 0.6 is 0 Å². The molecule has 0 aromatic heterocycles. The van der Waals surface area contributed by atoms with Crippen LogP contribution in [0.15, 0.2) is 71.6 Å². The van der Waals surface area contributed by atoms with E-state index >= 15 is 0 Å². The third kappa shape index (κ3) is 4.78. The molecule has 1 unspecified atom stereocenters. The predicted octanol–water partition coefficient (Wildman–Crippen LogP) is 3.44. The van der Waals surface area contributed by atoms with Crippen molar-refractivity contribution in [2.45, 2.75) is 37.4 Å². The Morgan fingerprint density at radius 2 is 1.71 bits per heavy atom. The van der Waals surface area contributed by atoms with Crippen LogP contribution in [-0.2, 0) is 34.3 Å². The van der Waals surface area contributed by atoms with E-state index < -0.39 is 16.1 Å². The summed E-state index contributed by atoms with van der Waals surface area (Å²) < 4.78 is 39.2.